The molecule has 0 atom stereocenters. The predicted octanol–water partition coefficient (Wildman–Crippen LogP) is 4.69. The molecule has 4 saturated carbocycles. The van der Waals surface area contributed by atoms with Gasteiger partial charge in [-0.25, -0.2) is 9.13 Å². The van der Waals surface area contributed by atoms with Gasteiger partial charge in [-0.3, -0.25) is 0 Å². The molecule has 0 N–H and O–H groups in total. The summed E-state index contributed by atoms with van der Waals surface area (Å²) >= 11 is 0. The second-order valence-electron chi connectivity index (χ2n) is 8.94. The van der Waals surface area contributed by atoms with Crippen LogP contribution in [0.5, 0.6) is 0 Å². The maximum Gasteiger partial charge on any atom is 0.249 e. The van der Waals surface area contributed by atoms with Crippen molar-refractivity contribution in [3.63, 3.8) is 0 Å². The quantitative estimate of drug-likeness (QED) is 0.710. The van der Waals surface area contributed by atoms with Crippen molar-refractivity contribution in [2.75, 3.05) is 0 Å². The number of rotatable bonds is 2. The average molecular weight is 321 g/mol. The Hall–Kier alpha value is -1.57. The fraction of sp³-hybridized carbons (Fsp3) is 0.591. The zero-order valence-electron chi connectivity index (χ0n) is 15.2. The summed E-state index contributed by atoms with van der Waals surface area (Å²) in [4.78, 5) is 0. The second kappa shape index (κ2) is 5.21. The summed E-state index contributed by atoms with van der Waals surface area (Å²) in [6.07, 6.45) is 14.5. The van der Waals surface area contributed by atoms with E-state index >= 15 is 0 Å². The summed E-state index contributed by atoms with van der Waals surface area (Å²) in [5.41, 5.74) is 5.47. The van der Waals surface area contributed by atoms with Gasteiger partial charge in [0.25, 0.3) is 0 Å². The molecule has 4 fully saturated rings. The molecule has 4 aliphatic carbocycles. The first-order chi connectivity index (χ1) is 11.6. The van der Waals surface area contributed by atoms with Crippen LogP contribution in [0, 0.1) is 44.4 Å². The van der Waals surface area contributed by atoms with E-state index in [-0.39, 0.29) is 0 Å². The first kappa shape index (κ1) is 14.7. The van der Waals surface area contributed by atoms with E-state index in [1.165, 1.54) is 54.5 Å². The maximum absolute atomic E-state index is 2.56. The lowest BCUT2D eigenvalue weighted by Crippen LogP contribution is -2.55. The molecule has 1 heterocycles. The van der Waals surface area contributed by atoms with E-state index in [2.05, 4.69) is 60.8 Å². The number of aromatic nitrogens is 2. The molecule has 0 aliphatic heterocycles. The fourth-order valence-corrected chi connectivity index (χ4v) is 6.64. The number of benzene rings is 1. The number of imidazole rings is 1. The minimum Gasteiger partial charge on any atom is -0.233 e. The molecule has 24 heavy (non-hydrogen) atoms. The Bertz CT molecular complexity index is 734. The highest BCUT2D eigenvalue weighted by Crippen LogP contribution is 2.56. The highest BCUT2D eigenvalue weighted by Gasteiger charge is 2.50. The summed E-state index contributed by atoms with van der Waals surface area (Å²) in [5, 5.41) is 0. The molecular weight excluding hydrogens is 292 g/mol. The van der Waals surface area contributed by atoms with Crippen LogP contribution in [0.25, 0.3) is 5.69 Å². The SMILES string of the molecule is Cc1cc(C)c(-n2cc[n+](C3C4CC5CC(C4)CC3C5)c2)c(C)c1. The van der Waals surface area contributed by atoms with Crippen LogP contribution in [0.4, 0.5) is 0 Å². The molecule has 1 aromatic carbocycles. The first-order valence-electron chi connectivity index (χ1n) is 9.75. The lowest BCUT2D eigenvalue weighted by Gasteiger charge is -2.52. The Kier molecular flexibility index (Phi) is 3.20. The minimum absolute atomic E-state index is 0.755. The van der Waals surface area contributed by atoms with Crippen LogP contribution in [0.15, 0.2) is 30.9 Å². The Morgan fingerprint density at radius 2 is 1.46 bits per heavy atom. The third kappa shape index (κ3) is 2.18. The van der Waals surface area contributed by atoms with Gasteiger partial charge in [-0.05, 0) is 75.8 Å². The van der Waals surface area contributed by atoms with E-state index in [0.717, 1.165) is 29.7 Å². The molecule has 0 spiro atoms. The largest absolute Gasteiger partial charge is 0.249 e. The van der Waals surface area contributed by atoms with Crippen molar-refractivity contribution in [3.05, 3.63) is 47.5 Å². The zero-order valence-corrected chi connectivity index (χ0v) is 15.2. The van der Waals surface area contributed by atoms with Crippen molar-refractivity contribution in [2.45, 2.75) is 58.9 Å². The van der Waals surface area contributed by atoms with E-state index in [9.17, 15) is 0 Å². The van der Waals surface area contributed by atoms with Crippen LogP contribution in [0.3, 0.4) is 0 Å². The predicted molar refractivity (Wildman–Crippen MR) is 96.3 cm³/mol. The van der Waals surface area contributed by atoms with Crippen LogP contribution in [0.1, 0.15) is 54.8 Å². The highest BCUT2D eigenvalue weighted by molar-refractivity contribution is 5.48. The van der Waals surface area contributed by atoms with Gasteiger partial charge < -0.3 is 0 Å². The number of hydrogen-bond donors (Lipinski definition) is 0. The Labute approximate surface area is 145 Å². The highest BCUT2D eigenvalue weighted by atomic mass is 15.1. The minimum atomic E-state index is 0.755. The van der Waals surface area contributed by atoms with Crippen molar-refractivity contribution < 1.29 is 4.57 Å². The Morgan fingerprint density at radius 3 is 2.04 bits per heavy atom. The summed E-state index contributed by atoms with van der Waals surface area (Å²) in [6.45, 7) is 6.67. The van der Waals surface area contributed by atoms with E-state index in [0.29, 0.717) is 0 Å². The van der Waals surface area contributed by atoms with Crippen LogP contribution < -0.4 is 4.57 Å². The van der Waals surface area contributed by atoms with Gasteiger partial charge in [-0.2, -0.15) is 0 Å². The summed E-state index contributed by atoms with van der Waals surface area (Å²) in [5.74, 6) is 3.96. The van der Waals surface area contributed by atoms with Gasteiger partial charge in [0.05, 0.1) is 0 Å². The van der Waals surface area contributed by atoms with Crippen molar-refractivity contribution in [1.82, 2.24) is 4.57 Å². The molecule has 6 rings (SSSR count). The zero-order chi connectivity index (χ0) is 16.4. The van der Waals surface area contributed by atoms with Gasteiger partial charge in [0, 0.05) is 11.8 Å². The average Bonchev–Trinajstić information content (AvgIpc) is 2.94. The molecule has 2 heteroatoms. The summed E-state index contributed by atoms with van der Waals surface area (Å²) < 4.78 is 4.92. The van der Waals surface area contributed by atoms with E-state index in [1.807, 2.05) is 0 Å². The van der Waals surface area contributed by atoms with Gasteiger partial charge in [0.2, 0.25) is 6.33 Å². The third-order valence-electron chi connectivity index (χ3n) is 7.07. The third-order valence-corrected chi connectivity index (χ3v) is 7.07. The second-order valence-corrected chi connectivity index (χ2v) is 8.94. The molecule has 2 aromatic rings. The number of hydrogen-bond acceptors (Lipinski definition) is 0. The number of nitrogens with zero attached hydrogens (tertiary/aromatic N) is 2. The topological polar surface area (TPSA) is 8.81 Å². The molecule has 0 saturated heterocycles. The lowest BCUT2D eigenvalue weighted by molar-refractivity contribution is -0.742. The van der Waals surface area contributed by atoms with Crippen molar-refractivity contribution >= 4 is 0 Å². The van der Waals surface area contributed by atoms with Crippen molar-refractivity contribution in [1.29, 1.82) is 0 Å². The lowest BCUT2D eigenvalue weighted by atomic mass is 9.54. The normalized spacial score (nSPS) is 34.0. The van der Waals surface area contributed by atoms with Crippen LogP contribution >= 0.6 is 0 Å². The first-order valence-corrected chi connectivity index (χ1v) is 9.75. The Morgan fingerprint density at radius 1 is 0.875 bits per heavy atom. The maximum atomic E-state index is 2.56. The molecule has 1 aromatic heterocycles. The van der Waals surface area contributed by atoms with Crippen molar-refractivity contribution in [3.8, 4) is 5.69 Å². The van der Waals surface area contributed by atoms with Gasteiger partial charge in [0.1, 0.15) is 24.1 Å². The molecule has 0 amide bonds. The van der Waals surface area contributed by atoms with Gasteiger partial charge in [0.15, 0.2) is 0 Å². The fourth-order valence-electron chi connectivity index (χ4n) is 6.64. The van der Waals surface area contributed by atoms with Gasteiger partial charge >= 0.3 is 0 Å². The molecule has 0 radical (unpaired) electrons. The Balaban J connectivity index is 1.50. The van der Waals surface area contributed by atoms with Crippen LogP contribution in [0.2, 0.25) is 0 Å². The van der Waals surface area contributed by atoms with Crippen molar-refractivity contribution in [2.24, 2.45) is 23.7 Å². The monoisotopic (exact) mass is 321 g/mol. The molecule has 126 valence electrons. The molecular formula is C22H29N2+. The smallest absolute Gasteiger partial charge is 0.233 e. The molecule has 2 nitrogen and oxygen atoms in total. The van der Waals surface area contributed by atoms with E-state index in [1.54, 1.807) is 0 Å². The van der Waals surface area contributed by atoms with E-state index in [4.69, 9.17) is 0 Å². The van der Waals surface area contributed by atoms with E-state index < -0.39 is 0 Å². The molecule has 4 bridgehead atoms. The molecule has 0 unspecified atom stereocenters. The summed E-state index contributed by atoms with van der Waals surface area (Å²) in [6, 6.07) is 5.36. The molecule has 4 aliphatic rings. The van der Waals surface area contributed by atoms with Crippen LogP contribution in [-0.4, -0.2) is 4.57 Å². The van der Waals surface area contributed by atoms with Gasteiger partial charge in [-0.15, -0.1) is 0 Å². The standard InChI is InChI=1S/C22H29N2/c1-14-6-15(2)21(16(3)7-14)23-4-5-24(13-23)22-19-9-17-8-18(11-19)12-20(22)10-17/h4-7,13,17-20,22H,8-12H2,1-3H3/q+1. The van der Waals surface area contributed by atoms with Crippen LogP contribution in [-0.2, 0) is 0 Å². The number of aryl methyl sites for hydroxylation is 3. The van der Waals surface area contributed by atoms with Gasteiger partial charge in [-0.1, -0.05) is 17.7 Å². The summed E-state index contributed by atoms with van der Waals surface area (Å²) in [7, 11) is 0.